The Morgan fingerprint density at radius 1 is 1.60 bits per heavy atom. The third-order valence-electron chi connectivity index (χ3n) is 2.53. The quantitative estimate of drug-likeness (QED) is 0.722. The van der Waals surface area contributed by atoms with E-state index < -0.39 is 6.03 Å². The van der Waals surface area contributed by atoms with Gasteiger partial charge in [-0.1, -0.05) is 6.07 Å². The molecule has 1 unspecified atom stereocenters. The van der Waals surface area contributed by atoms with Crippen molar-refractivity contribution >= 4 is 6.03 Å². The van der Waals surface area contributed by atoms with Crippen molar-refractivity contribution in [1.29, 1.82) is 0 Å². The minimum atomic E-state index is -0.632. The second-order valence-corrected chi connectivity index (χ2v) is 3.47. The highest BCUT2D eigenvalue weighted by Crippen LogP contribution is 2.19. The minimum absolute atomic E-state index is 0.107. The molecule has 2 heterocycles. The number of rotatable bonds is 1. The predicted octanol–water partition coefficient (Wildman–Crippen LogP) is 0.431. The minimum Gasteiger partial charge on any atom is -0.313 e. The fraction of sp³-hybridized carbons (Fsp3) is 0.400. The number of hydrogen-bond donors (Lipinski definition) is 1. The highest BCUT2D eigenvalue weighted by Gasteiger charge is 2.27. The van der Waals surface area contributed by atoms with E-state index in [0.717, 1.165) is 12.2 Å². The molecule has 79 valence electrons. The predicted molar refractivity (Wildman–Crippen MR) is 55.0 cm³/mol. The summed E-state index contributed by atoms with van der Waals surface area (Å²) < 4.78 is 0. The molecule has 1 aromatic heterocycles. The van der Waals surface area contributed by atoms with Gasteiger partial charge in [-0.2, -0.15) is 0 Å². The number of carbonyl (C=O) groups is 1. The molecule has 2 amide bonds. The Morgan fingerprint density at radius 3 is 3.13 bits per heavy atom. The van der Waals surface area contributed by atoms with Gasteiger partial charge in [-0.15, -0.1) is 0 Å². The summed E-state index contributed by atoms with van der Waals surface area (Å²) in [5.41, 5.74) is 8.02. The van der Waals surface area contributed by atoms with Gasteiger partial charge in [-0.05, 0) is 12.1 Å². The molecule has 0 spiro atoms. The summed E-state index contributed by atoms with van der Waals surface area (Å²) in [6.45, 7) is 1.99. The van der Waals surface area contributed by atoms with Crippen LogP contribution in [0.15, 0.2) is 24.4 Å². The number of amides is 2. The van der Waals surface area contributed by atoms with Gasteiger partial charge in [-0.3, -0.25) is 4.98 Å². The van der Waals surface area contributed by atoms with Crippen LogP contribution in [0.5, 0.6) is 0 Å². The Morgan fingerprint density at radius 2 is 2.47 bits per heavy atom. The molecule has 5 heteroatoms. The highest BCUT2D eigenvalue weighted by atomic mass is 16.2. The van der Waals surface area contributed by atoms with Crippen molar-refractivity contribution in [3.8, 4) is 0 Å². The normalized spacial score (nSPS) is 21.3. The van der Waals surface area contributed by atoms with Gasteiger partial charge in [0.05, 0.1) is 11.7 Å². The second-order valence-electron chi connectivity index (χ2n) is 3.47. The van der Waals surface area contributed by atoms with E-state index in [0.29, 0.717) is 13.1 Å². The first-order chi connectivity index (χ1) is 7.29. The molecular weight excluding hydrogens is 192 g/mol. The number of hydrogen-bond acceptors (Lipinski definition) is 3. The van der Waals surface area contributed by atoms with Crippen LogP contribution in [0.1, 0.15) is 11.7 Å². The van der Waals surface area contributed by atoms with Gasteiger partial charge in [0.2, 0.25) is 0 Å². The van der Waals surface area contributed by atoms with Crippen LogP contribution in [0, 0.1) is 0 Å². The van der Waals surface area contributed by atoms with E-state index in [-0.39, 0.29) is 6.04 Å². The van der Waals surface area contributed by atoms with E-state index in [2.05, 4.69) is 10.3 Å². The van der Waals surface area contributed by atoms with Gasteiger partial charge in [-0.25, -0.2) is 10.5 Å². The summed E-state index contributed by atoms with van der Waals surface area (Å²) in [4.78, 5) is 16.9. The SMILES string of the molecule is [NH]C(=O)N1CCNCC1c1ccccn1. The Bertz CT molecular complexity index is 341. The highest BCUT2D eigenvalue weighted by molar-refractivity contribution is 5.72. The van der Waals surface area contributed by atoms with Gasteiger partial charge >= 0.3 is 6.03 Å². The van der Waals surface area contributed by atoms with E-state index in [1.165, 1.54) is 0 Å². The van der Waals surface area contributed by atoms with Crippen LogP contribution < -0.4 is 11.1 Å². The van der Waals surface area contributed by atoms with Crippen LogP contribution >= 0.6 is 0 Å². The lowest BCUT2D eigenvalue weighted by Crippen LogP contribution is -2.48. The standard InChI is InChI=1S/C10H13N4O/c11-10(15)14-6-5-12-7-9(14)8-3-1-2-4-13-8/h1-4,9,11-12H,5-7H2. The molecule has 5 nitrogen and oxygen atoms in total. The summed E-state index contributed by atoms with van der Waals surface area (Å²) in [6, 6.07) is 4.88. The smallest absolute Gasteiger partial charge is 0.313 e. The Hall–Kier alpha value is -1.62. The largest absolute Gasteiger partial charge is 0.336 e. The molecule has 1 saturated heterocycles. The summed E-state index contributed by atoms with van der Waals surface area (Å²) in [6.07, 6.45) is 1.70. The molecule has 0 saturated carbocycles. The third-order valence-corrected chi connectivity index (χ3v) is 2.53. The first-order valence-electron chi connectivity index (χ1n) is 4.93. The maximum atomic E-state index is 11.1. The number of pyridine rings is 1. The zero-order valence-corrected chi connectivity index (χ0v) is 8.31. The number of piperazine rings is 1. The van der Waals surface area contributed by atoms with Crippen LogP contribution in [0.4, 0.5) is 4.79 Å². The average Bonchev–Trinajstić information content (AvgIpc) is 2.30. The first kappa shape index (κ1) is 9.92. The van der Waals surface area contributed by atoms with E-state index in [1.54, 1.807) is 11.1 Å². The van der Waals surface area contributed by atoms with Crippen LogP contribution in [-0.4, -0.2) is 35.5 Å². The molecule has 1 aliphatic heterocycles. The molecule has 0 aromatic carbocycles. The lowest BCUT2D eigenvalue weighted by atomic mass is 10.1. The van der Waals surface area contributed by atoms with Crippen molar-refractivity contribution in [2.75, 3.05) is 19.6 Å². The lowest BCUT2D eigenvalue weighted by molar-refractivity contribution is 0.164. The maximum Gasteiger partial charge on any atom is 0.336 e. The summed E-state index contributed by atoms with van der Waals surface area (Å²) >= 11 is 0. The number of nitrogens with one attached hydrogen (secondary N) is 2. The molecule has 1 fully saturated rings. The van der Waals surface area contributed by atoms with Crippen molar-refractivity contribution in [2.45, 2.75) is 6.04 Å². The maximum absolute atomic E-state index is 11.1. The van der Waals surface area contributed by atoms with E-state index in [9.17, 15) is 4.79 Å². The molecule has 2 N–H and O–H groups in total. The van der Waals surface area contributed by atoms with Gasteiger partial charge < -0.3 is 10.2 Å². The van der Waals surface area contributed by atoms with Crippen LogP contribution in [0.2, 0.25) is 0 Å². The molecule has 1 aromatic rings. The lowest BCUT2D eigenvalue weighted by Gasteiger charge is -2.34. The van der Waals surface area contributed by atoms with Crippen molar-refractivity contribution in [1.82, 2.24) is 20.9 Å². The number of carbonyl (C=O) groups excluding carboxylic acids is 1. The molecule has 1 atom stereocenters. The Kier molecular flexibility index (Phi) is 2.82. The van der Waals surface area contributed by atoms with Gasteiger partial charge in [0.25, 0.3) is 0 Å². The van der Waals surface area contributed by atoms with Crippen LogP contribution in [0.3, 0.4) is 0 Å². The first-order valence-corrected chi connectivity index (χ1v) is 4.93. The summed E-state index contributed by atoms with van der Waals surface area (Å²) in [5.74, 6) is 0. The fourth-order valence-electron chi connectivity index (χ4n) is 1.78. The number of nitrogens with zero attached hydrogens (tertiary/aromatic N) is 2. The monoisotopic (exact) mass is 205 g/mol. The van der Waals surface area contributed by atoms with Crippen molar-refractivity contribution in [3.05, 3.63) is 30.1 Å². The van der Waals surface area contributed by atoms with E-state index >= 15 is 0 Å². The van der Waals surface area contributed by atoms with E-state index in [1.807, 2.05) is 18.2 Å². The molecule has 0 aliphatic carbocycles. The molecule has 15 heavy (non-hydrogen) atoms. The zero-order valence-electron chi connectivity index (χ0n) is 8.31. The Balaban J connectivity index is 2.22. The fourth-order valence-corrected chi connectivity index (χ4v) is 1.78. The molecule has 1 radical (unpaired) electrons. The average molecular weight is 205 g/mol. The topological polar surface area (TPSA) is 69.0 Å². The van der Waals surface area contributed by atoms with E-state index in [4.69, 9.17) is 5.73 Å². The van der Waals surface area contributed by atoms with Crippen LogP contribution in [-0.2, 0) is 0 Å². The summed E-state index contributed by atoms with van der Waals surface area (Å²) in [7, 11) is 0. The van der Waals surface area contributed by atoms with Crippen molar-refractivity contribution < 1.29 is 4.79 Å². The second kappa shape index (κ2) is 4.27. The molecule has 0 bridgehead atoms. The number of urea groups is 1. The van der Waals surface area contributed by atoms with Crippen molar-refractivity contribution in [2.24, 2.45) is 0 Å². The van der Waals surface area contributed by atoms with Gasteiger partial charge in [0, 0.05) is 25.8 Å². The zero-order chi connectivity index (χ0) is 10.7. The Labute approximate surface area is 88.3 Å². The number of aromatic nitrogens is 1. The summed E-state index contributed by atoms with van der Waals surface area (Å²) in [5, 5.41) is 3.20. The molecule has 2 rings (SSSR count). The molecule has 1 aliphatic rings. The van der Waals surface area contributed by atoms with Crippen LogP contribution in [0.25, 0.3) is 0 Å². The van der Waals surface area contributed by atoms with Crippen molar-refractivity contribution in [3.63, 3.8) is 0 Å². The molecular formula is C10H13N4O. The van der Waals surface area contributed by atoms with Gasteiger partial charge in [0.1, 0.15) is 0 Å². The third kappa shape index (κ3) is 2.07. The van der Waals surface area contributed by atoms with Gasteiger partial charge in [0.15, 0.2) is 0 Å².